The van der Waals surface area contributed by atoms with Gasteiger partial charge in [0.2, 0.25) is 0 Å². The van der Waals surface area contributed by atoms with Gasteiger partial charge < -0.3 is 15.1 Å². The molecule has 0 saturated carbocycles. The number of nitrogens with two attached hydrogens (primary N) is 1. The van der Waals surface area contributed by atoms with Crippen LogP contribution in [0.4, 0.5) is 5.95 Å². The third-order valence-electron chi connectivity index (χ3n) is 2.04. The molecule has 0 aliphatic rings. The normalized spacial score (nSPS) is 11.4. The van der Waals surface area contributed by atoms with Gasteiger partial charge in [0.25, 0.3) is 0 Å². The summed E-state index contributed by atoms with van der Waals surface area (Å²) in [5.74, 6) is -0.129. The summed E-state index contributed by atoms with van der Waals surface area (Å²) in [6.45, 7) is 0. The van der Waals surface area contributed by atoms with Crippen LogP contribution >= 0.6 is 0 Å². The Balaban J connectivity index is 2.55. The second-order valence-corrected chi connectivity index (χ2v) is 3.00. The SMILES string of the molecule is Nc1nc2cc3oc(=O)[nH]c3cc2[nH]1. The fraction of sp³-hybridized carbons (Fsp3) is 0. The summed E-state index contributed by atoms with van der Waals surface area (Å²) in [5, 5.41) is 0. The van der Waals surface area contributed by atoms with Gasteiger partial charge in [0.1, 0.15) is 0 Å². The van der Waals surface area contributed by atoms with Crippen molar-refractivity contribution < 1.29 is 4.42 Å². The number of oxazole rings is 1. The Hall–Kier alpha value is -2.24. The summed E-state index contributed by atoms with van der Waals surface area (Å²) >= 11 is 0. The molecule has 0 unspecified atom stereocenters. The van der Waals surface area contributed by atoms with Crippen LogP contribution in [0.15, 0.2) is 21.3 Å². The molecule has 6 heteroatoms. The fourth-order valence-corrected chi connectivity index (χ4v) is 1.47. The van der Waals surface area contributed by atoms with Gasteiger partial charge in [-0.3, -0.25) is 4.98 Å². The predicted molar refractivity (Wildman–Crippen MR) is 50.9 cm³/mol. The number of nitrogens with one attached hydrogen (secondary N) is 2. The number of fused-ring (bicyclic) bond motifs is 2. The number of nitrogen functional groups attached to an aromatic ring is 1. The lowest BCUT2D eigenvalue weighted by atomic mass is 10.3. The molecule has 0 fully saturated rings. The Kier molecular flexibility index (Phi) is 1.11. The molecule has 0 aliphatic heterocycles. The highest BCUT2D eigenvalue weighted by Crippen LogP contribution is 2.19. The molecule has 2 aromatic heterocycles. The third-order valence-corrected chi connectivity index (χ3v) is 2.04. The van der Waals surface area contributed by atoms with E-state index in [1.807, 2.05) is 0 Å². The molecule has 1 aromatic carbocycles. The number of nitrogens with zero attached hydrogens (tertiary/aromatic N) is 1. The molecule has 14 heavy (non-hydrogen) atoms. The van der Waals surface area contributed by atoms with Crippen LogP contribution in [-0.4, -0.2) is 15.0 Å². The molecule has 0 radical (unpaired) electrons. The van der Waals surface area contributed by atoms with Gasteiger partial charge in [0, 0.05) is 6.07 Å². The van der Waals surface area contributed by atoms with Gasteiger partial charge in [0.05, 0.1) is 16.6 Å². The largest absolute Gasteiger partial charge is 0.417 e. The van der Waals surface area contributed by atoms with Crippen LogP contribution in [0.1, 0.15) is 0 Å². The molecule has 4 N–H and O–H groups in total. The van der Waals surface area contributed by atoms with Crippen molar-refractivity contribution >= 4 is 28.1 Å². The van der Waals surface area contributed by atoms with Gasteiger partial charge in [-0.05, 0) is 6.07 Å². The van der Waals surface area contributed by atoms with Crippen LogP contribution in [0.3, 0.4) is 0 Å². The van der Waals surface area contributed by atoms with Crippen molar-refractivity contribution in [3.8, 4) is 0 Å². The molecule has 0 saturated heterocycles. The molecule has 3 rings (SSSR count). The molecule has 3 aromatic rings. The maximum absolute atomic E-state index is 10.9. The van der Waals surface area contributed by atoms with Gasteiger partial charge in [0.15, 0.2) is 11.5 Å². The Morgan fingerprint density at radius 2 is 2.14 bits per heavy atom. The first-order chi connectivity index (χ1) is 6.72. The van der Waals surface area contributed by atoms with E-state index >= 15 is 0 Å². The van der Waals surface area contributed by atoms with Gasteiger partial charge in [-0.2, -0.15) is 0 Å². The predicted octanol–water partition coefficient (Wildman–Crippen LogP) is 0.580. The molecular formula is C8H6N4O2. The lowest BCUT2D eigenvalue weighted by Gasteiger charge is -1.86. The van der Waals surface area contributed by atoms with Gasteiger partial charge in [-0.15, -0.1) is 0 Å². The van der Waals surface area contributed by atoms with Crippen molar-refractivity contribution in [3.05, 3.63) is 22.7 Å². The first-order valence-electron chi connectivity index (χ1n) is 4.00. The second kappa shape index (κ2) is 2.16. The van der Waals surface area contributed by atoms with Crippen LogP contribution < -0.4 is 11.5 Å². The van der Waals surface area contributed by atoms with Crippen LogP contribution in [0.25, 0.3) is 22.1 Å². The van der Waals surface area contributed by atoms with E-state index in [2.05, 4.69) is 15.0 Å². The minimum absolute atomic E-state index is 0.343. The molecule has 2 heterocycles. The number of imidazole rings is 1. The average Bonchev–Trinajstić information content (AvgIpc) is 2.59. The summed E-state index contributed by atoms with van der Waals surface area (Å²) in [6.07, 6.45) is 0. The Bertz CT molecular complexity index is 621. The summed E-state index contributed by atoms with van der Waals surface area (Å²) in [6, 6.07) is 3.40. The van der Waals surface area contributed by atoms with Crippen molar-refractivity contribution in [3.63, 3.8) is 0 Å². The van der Waals surface area contributed by atoms with E-state index in [9.17, 15) is 4.79 Å². The summed E-state index contributed by atoms with van der Waals surface area (Å²) in [4.78, 5) is 20.3. The van der Waals surface area contributed by atoms with Crippen LogP contribution in [0, 0.1) is 0 Å². The van der Waals surface area contributed by atoms with Crippen LogP contribution in [0.5, 0.6) is 0 Å². The van der Waals surface area contributed by atoms with Crippen LogP contribution in [0.2, 0.25) is 0 Å². The van der Waals surface area contributed by atoms with E-state index in [1.165, 1.54) is 0 Å². The quantitative estimate of drug-likeness (QED) is 0.482. The van der Waals surface area contributed by atoms with Crippen molar-refractivity contribution in [1.29, 1.82) is 0 Å². The topological polar surface area (TPSA) is 101 Å². The van der Waals surface area contributed by atoms with Gasteiger partial charge in [-0.1, -0.05) is 0 Å². The maximum Gasteiger partial charge on any atom is 0.417 e. The summed E-state index contributed by atoms with van der Waals surface area (Å²) in [5.41, 5.74) is 8.04. The van der Waals surface area contributed by atoms with Crippen molar-refractivity contribution in [2.24, 2.45) is 0 Å². The van der Waals surface area contributed by atoms with Gasteiger partial charge in [-0.25, -0.2) is 9.78 Å². The summed E-state index contributed by atoms with van der Waals surface area (Å²) in [7, 11) is 0. The molecule has 0 atom stereocenters. The minimum atomic E-state index is -0.472. The Labute approximate surface area is 76.7 Å². The van der Waals surface area contributed by atoms with Crippen molar-refractivity contribution in [1.82, 2.24) is 15.0 Å². The first-order valence-corrected chi connectivity index (χ1v) is 4.00. The number of hydrogen-bond acceptors (Lipinski definition) is 4. The zero-order valence-corrected chi connectivity index (χ0v) is 7.00. The molecule has 6 nitrogen and oxygen atoms in total. The monoisotopic (exact) mass is 190 g/mol. The number of aromatic nitrogens is 3. The molecular weight excluding hydrogens is 184 g/mol. The van der Waals surface area contributed by atoms with E-state index in [0.29, 0.717) is 22.6 Å². The number of hydrogen-bond donors (Lipinski definition) is 3. The Morgan fingerprint density at radius 3 is 3.00 bits per heavy atom. The van der Waals surface area contributed by atoms with E-state index in [4.69, 9.17) is 10.2 Å². The first kappa shape index (κ1) is 7.19. The fourth-order valence-electron chi connectivity index (χ4n) is 1.47. The smallest absolute Gasteiger partial charge is 0.408 e. The number of aromatic amines is 2. The highest BCUT2D eigenvalue weighted by atomic mass is 16.4. The third kappa shape index (κ3) is 0.846. The molecule has 0 aliphatic carbocycles. The van der Waals surface area contributed by atoms with E-state index in [-0.39, 0.29) is 0 Å². The highest BCUT2D eigenvalue weighted by Gasteiger charge is 2.05. The Morgan fingerprint density at radius 1 is 1.29 bits per heavy atom. The van der Waals surface area contributed by atoms with Crippen LogP contribution in [-0.2, 0) is 0 Å². The minimum Gasteiger partial charge on any atom is -0.408 e. The molecule has 70 valence electrons. The van der Waals surface area contributed by atoms with Crippen molar-refractivity contribution in [2.75, 3.05) is 5.73 Å². The van der Waals surface area contributed by atoms with E-state index in [1.54, 1.807) is 12.1 Å². The number of anilines is 1. The molecule has 0 amide bonds. The zero-order chi connectivity index (χ0) is 9.71. The highest BCUT2D eigenvalue weighted by molar-refractivity contribution is 5.90. The van der Waals surface area contributed by atoms with Crippen molar-refractivity contribution in [2.45, 2.75) is 0 Å². The standard InChI is InChI=1S/C8H6N4O2/c9-7-10-3-1-5-6(2-4(3)11-7)14-8(13)12-5/h1-2H,(H,12,13)(H3,9,10,11). The van der Waals surface area contributed by atoms with E-state index < -0.39 is 5.76 Å². The summed E-state index contributed by atoms with van der Waals surface area (Å²) < 4.78 is 4.88. The average molecular weight is 190 g/mol. The maximum atomic E-state index is 10.9. The number of benzene rings is 1. The van der Waals surface area contributed by atoms with Gasteiger partial charge >= 0.3 is 5.76 Å². The molecule has 0 spiro atoms. The second-order valence-electron chi connectivity index (χ2n) is 3.00. The molecule has 0 bridgehead atoms. The number of H-pyrrole nitrogens is 2. The zero-order valence-electron chi connectivity index (χ0n) is 7.00. The lowest BCUT2D eigenvalue weighted by molar-refractivity contribution is 0.555. The lowest BCUT2D eigenvalue weighted by Crippen LogP contribution is -1.92. The number of rotatable bonds is 0. The van der Waals surface area contributed by atoms with E-state index in [0.717, 1.165) is 5.52 Å².